The van der Waals surface area contributed by atoms with Gasteiger partial charge in [0.25, 0.3) is 0 Å². The molecule has 1 aromatic rings. The lowest BCUT2D eigenvalue weighted by Gasteiger charge is -2.18. The molecule has 1 aromatic heterocycles. The number of nitrogens with zero attached hydrogens (tertiary/aromatic N) is 1. The summed E-state index contributed by atoms with van der Waals surface area (Å²) in [6, 6.07) is 0.543. The first-order valence-corrected chi connectivity index (χ1v) is 7.22. The molecular weight excluding hydrogens is 308 g/mol. The maximum Gasteiger partial charge on any atom is 0.418 e. The summed E-state index contributed by atoms with van der Waals surface area (Å²) in [5.74, 6) is 0.139. The third-order valence-corrected chi connectivity index (χ3v) is 3.46. The molecule has 0 saturated carbocycles. The van der Waals surface area contributed by atoms with Gasteiger partial charge >= 0.3 is 12.4 Å². The number of rotatable bonds is 6. The first-order valence-electron chi connectivity index (χ1n) is 7.22. The third kappa shape index (κ3) is 5.18. The summed E-state index contributed by atoms with van der Waals surface area (Å²) < 4.78 is 76.6. The Hall–Kier alpha value is -1.27. The smallest absolute Gasteiger partial charge is 0.261 e. The minimum Gasteiger partial charge on any atom is -0.261 e. The van der Waals surface area contributed by atoms with Crippen molar-refractivity contribution in [1.29, 1.82) is 0 Å². The summed E-state index contributed by atoms with van der Waals surface area (Å²) in [6.45, 7) is 3.92. The largest absolute Gasteiger partial charge is 0.418 e. The molecule has 1 nitrogen and oxygen atoms in total. The SMILES string of the molecule is CCCC(CCC)Cc1cc(C(F)(F)F)c(C(F)(F)F)cn1. The molecule has 0 unspecified atom stereocenters. The number of alkyl halides is 6. The third-order valence-electron chi connectivity index (χ3n) is 3.46. The van der Waals surface area contributed by atoms with Gasteiger partial charge in [-0.1, -0.05) is 39.5 Å². The fourth-order valence-corrected chi connectivity index (χ4v) is 2.53. The van der Waals surface area contributed by atoms with Gasteiger partial charge in [-0.25, -0.2) is 0 Å². The van der Waals surface area contributed by atoms with Crippen molar-refractivity contribution in [2.75, 3.05) is 0 Å². The van der Waals surface area contributed by atoms with Crippen molar-refractivity contribution < 1.29 is 26.3 Å². The first-order chi connectivity index (χ1) is 10.1. The molecule has 0 fully saturated rings. The van der Waals surface area contributed by atoms with E-state index < -0.39 is 23.5 Å². The van der Waals surface area contributed by atoms with E-state index in [1.807, 2.05) is 13.8 Å². The topological polar surface area (TPSA) is 12.9 Å². The van der Waals surface area contributed by atoms with Crippen molar-refractivity contribution in [3.63, 3.8) is 0 Å². The number of aromatic nitrogens is 1. The highest BCUT2D eigenvalue weighted by Gasteiger charge is 2.43. The Labute approximate surface area is 125 Å². The second kappa shape index (κ2) is 7.33. The van der Waals surface area contributed by atoms with Crippen molar-refractivity contribution in [3.05, 3.63) is 29.1 Å². The highest BCUT2D eigenvalue weighted by Crippen LogP contribution is 2.40. The van der Waals surface area contributed by atoms with Crippen LogP contribution in [0, 0.1) is 5.92 Å². The quantitative estimate of drug-likeness (QED) is 0.595. The molecule has 0 aliphatic heterocycles. The average Bonchev–Trinajstić information content (AvgIpc) is 2.37. The van der Waals surface area contributed by atoms with Gasteiger partial charge in [0.15, 0.2) is 0 Å². The van der Waals surface area contributed by atoms with Gasteiger partial charge in [0.05, 0.1) is 11.1 Å². The fourth-order valence-electron chi connectivity index (χ4n) is 2.53. The molecule has 0 radical (unpaired) electrons. The van der Waals surface area contributed by atoms with Crippen molar-refractivity contribution in [3.8, 4) is 0 Å². The summed E-state index contributed by atoms with van der Waals surface area (Å²) in [5, 5.41) is 0. The van der Waals surface area contributed by atoms with Crippen molar-refractivity contribution in [1.82, 2.24) is 4.98 Å². The van der Waals surface area contributed by atoms with Crippen LogP contribution in [0.3, 0.4) is 0 Å². The molecule has 0 atom stereocenters. The van der Waals surface area contributed by atoms with Gasteiger partial charge in [-0.05, 0) is 18.4 Å². The lowest BCUT2D eigenvalue weighted by Crippen LogP contribution is -2.18. The second-order valence-electron chi connectivity index (χ2n) is 5.36. The van der Waals surface area contributed by atoms with E-state index in [0.717, 1.165) is 25.7 Å². The van der Waals surface area contributed by atoms with E-state index in [2.05, 4.69) is 4.98 Å². The van der Waals surface area contributed by atoms with Crippen molar-refractivity contribution in [2.24, 2.45) is 5.92 Å². The second-order valence-corrected chi connectivity index (χ2v) is 5.36. The predicted molar refractivity (Wildman–Crippen MR) is 71.3 cm³/mol. The summed E-state index contributed by atoms with van der Waals surface area (Å²) in [4.78, 5) is 3.60. The van der Waals surface area contributed by atoms with E-state index in [-0.39, 0.29) is 18.0 Å². The molecule has 0 aliphatic carbocycles. The highest BCUT2D eigenvalue weighted by molar-refractivity contribution is 5.31. The molecular formula is C15H19F6N. The minimum absolute atomic E-state index is 0.0622. The van der Waals surface area contributed by atoms with E-state index >= 15 is 0 Å². The van der Waals surface area contributed by atoms with E-state index in [9.17, 15) is 26.3 Å². The van der Waals surface area contributed by atoms with Gasteiger partial charge in [0, 0.05) is 11.9 Å². The van der Waals surface area contributed by atoms with Gasteiger partial charge in [-0.3, -0.25) is 4.98 Å². The number of halogens is 6. The van der Waals surface area contributed by atoms with Crippen molar-refractivity contribution >= 4 is 0 Å². The average molecular weight is 327 g/mol. The van der Waals surface area contributed by atoms with Crippen LogP contribution in [0.1, 0.15) is 56.4 Å². The molecule has 0 saturated heterocycles. The lowest BCUT2D eigenvalue weighted by molar-refractivity contribution is -0.162. The summed E-state index contributed by atoms with van der Waals surface area (Å²) in [5.41, 5.74) is -3.32. The molecule has 0 aromatic carbocycles. The van der Waals surface area contributed by atoms with Crippen LogP contribution in [0.25, 0.3) is 0 Å². The Morgan fingerprint density at radius 3 is 1.82 bits per heavy atom. The van der Waals surface area contributed by atoms with Crippen LogP contribution in [-0.4, -0.2) is 4.98 Å². The van der Waals surface area contributed by atoms with Crippen LogP contribution >= 0.6 is 0 Å². The summed E-state index contributed by atoms with van der Waals surface area (Å²) >= 11 is 0. The predicted octanol–water partition coefficient (Wildman–Crippen LogP) is 5.88. The van der Waals surface area contributed by atoms with E-state index in [1.54, 1.807) is 0 Å². The van der Waals surface area contributed by atoms with Crippen molar-refractivity contribution in [2.45, 2.75) is 58.3 Å². The van der Waals surface area contributed by atoms with Gasteiger partial charge in [-0.2, -0.15) is 26.3 Å². The van der Waals surface area contributed by atoms with E-state index in [1.165, 1.54) is 0 Å². The molecule has 0 amide bonds. The Kier molecular flexibility index (Phi) is 6.26. The number of hydrogen-bond donors (Lipinski definition) is 0. The molecule has 0 spiro atoms. The Morgan fingerprint density at radius 2 is 1.41 bits per heavy atom. The van der Waals surface area contributed by atoms with E-state index in [0.29, 0.717) is 12.3 Å². The molecule has 126 valence electrons. The molecule has 0 aliphatic rings. The molecule has 22 heavy (non-hydrogen) atoms. The van der Waals surface area contributed by atoms with Crippen LogP contribution in [0.15, 0.2) is 12.3 Å². The Balaban J connectivity index is 3.14. The van der Waals surface area contributed by atoms with Gasteiger partial charge < -0.3 is 0 Å². The highest BCUT2D eigenvalue weighted by atomic mass is 19.4. The van der Waals surface area contributed by atoms with Crippen LogP contribution < -0.4 is 0 Å². The number of pyridine rings is 1. The number of hydrogen-bond acceptors (Lipinski definition) is 1. The summed E-state index contributed by atoms with van der Waals surface area (Å²) in [6.07, 6.45) is -6.17. The maximum atomic E-state index is 12.9. The van der Waals surface area contributed by atoms with Gasteiger partial charge in [0.2, 0.25) is 0 Å². The molecule has 0 bridgehead atoms. The lowest BCUT2D eigenvalue weighted by atomic mass is 9.92. The monoisotopic (exact) mass is 327 g/mol. The Bertz CT molecular complexity index is 472. The van der Waals surface area contributed by atoms with Crippen LogP contribution in [0.2, 0.25) is 0 Å². The zero-order valence-corrected chi connectivity index (χ0v) is 12.5. The zero-order chi connectivity index (χ0) is 17.0. The van der Waals surface area contributed by atoms with Crippen LogP contribution in [0.4, 0.5) is 26.3 Å². The Morgan fingerprint density at radius 1 is 0.909 bits per heavy atom. The fraction of sp³-hybridized carbons (Fsp3) is 0.667. The van der Waals surface area contributed by atoms with Crippen LogP contribution in [-0.2, 0) is 18.8 Å². The van der Waals surface area contributed by atoms with E-state index in [4.69, 9.17) is 0 Å². The van der Waals surface area contributed by atoms with Gasteiger partial charge in [-0.15, -0.1) is 0 Å². The molecule has 7 heteroatoms. The normalized spacial score (nSPS) is 13.0. The van der Waals surface area contributed by atoms with Crippen LogP contribution in [0.5, 0.6) is 0 Å². The van der Waals surface area contributed by atoms with Gasteiger partial charge in [0.1, 0.15) is 0 Å². The molecule has 1 heterocycles. The zero-order valence-electron chi connectivity index (χ0n) is 12.5. The first kappa shape index (κ1) is 18.8. The summed E-state index contributed by atoms with van der Waals surface area (Å²) in [7, 11) is 0. The standard InChI is InChI=1S/C15H19F6N/c1-3-5-10(6-4-2)7-11-8-12(14(16,17)18)13(9-22-11)15(19,20)21/h8-10H,3-7H2,1-2H3. The maximum absolute atomic E-state index is 12.9. The molecule has 0 N–H and O–H groups in total. The molecule has 1 rings (SSSR count). The minimum atomic E-state index is -5.07.